The van der Waals surface area contributed by atoms with Crippen LogP contribution in [-0.2, 0) is 6.54 Å². The first-order valence-electron chi connectivity index (χ1n) is 8.57. The summed E-state index contributed by atoms with van der Waals surface area (Å²) in [5.74, 6) is 1.47. The van der Waals surface area contributed by atoms with Crippen LogP contribution in [-0.4, -0.2) is 52.6 Å². The van der Waals surface area contributed by atoms with E-state index in [9.17, 15) is 4.79 Å². The van der Waals surface area contributed by atoms with Crippen molar-refractivity contribution in [3.05, 3.63) is 42.7 Å². The number of fused-ring (bicyclic) bond motifs is 1. The number of amides is 2. The Bertz CT molecular complexity index is 689. The zero-order valence-corrected chi connectivity index (χ0v) is 14.6. The SMILES string of the molecule is CCN(C[C@H]1COc2ccccc2O1)C(=O)N[C@@H](C)Cn1cccn1. The summed E-state index contributed by atoms with van der Waals surface area (Å²) in [6, 6.07) is 9.32. The lowest BCUT2D eigenvalue weighted by Gasteiger charge is -2.31. The Hall–Kier alpha value is -2.70. The van der Waals surface area contributed by atoms with Crippen molar-refractivity contribution >= 4 is 6.03 Å². The molecule has 0 radical (unpaired) electrons. The molecule has 1 N–H and O–H groups in total. The molecule has 134 valence electrons. The number of carbonyl (C=O) groups excluding carboxylic acids is 1. The van der Waals surface area contributed by atoms with Gasteiger partial charge in [-0.2, -0.15) is 5.10 Å². The van der Waals surface area contributed by atoms with Gasteiger partial charge in [0.25, 0.3) is 0 Å². The standard InChI is InChI=1S/C18H24N4O3/c1-3-21(18(23)20-14(2)11-22-10-6-9-19-22)12-15-13-24-16-7-4-5-8-17(16)25-15/h4-10,14-15H,3,11-13H2,1-2H3,(H,20,23)/t14-,15-/m0/s1. The van der Waals surface area contributed by atoms with Gasteiger partial charge >= 0.3 is 6.03 Å². The van der Waals surface area contributed by atoms with Crippen molar-refractivity contribution in [3.63, 3.8) is 0 Å². The van der Waals surface area contributed by atoms with Gasteiger partial charge in [0, 0.05) is 25.0 Å². The summed E-state index contributed by atoms with van der Waals surface area (Å²) in [5, 5.41) is 7.17. The summed E-state index contributed by atoms with van der Waals surface area (Å²) in [4.78, 5) is 14.3. The van der Waals surface area contributed by atoms with Gasteiger partial charge in [-0.05, 0) is 32.0 Å². The maximum Gasteiger partial charge on any atom is 0.317 e. The fourth-order valence-electron chi connectivity index (χ4n) is 2.79. The van der Waals surface area contributed by atoms with Gasteiger partial charge in [-0.1, -0.05) is 12.1 Å². The zero-order chi connectivity index (χ0) is 17.6. The first kappa shape index (κ1) is 17.1. The highest BCUT2D eigenvalue weighted by Crippen LogP contribution is 2.30. The third-order valence-corrected chi connectivity index (χ3v) is 4.05. The first-order valence-corrected chi connectivity index (χ1v) is 8.57. The first-order chi connectivity index (χ1) is 12.2. The molecular formula is C18H24N4O3. The van der Waals surface area contributed by atoms with Crippen molar-refractivity contribution < 1.29 is 14.3 Å². The number of benzene rings is 1. The Labute approximate surface area is 147 Å². The second kappa shape index (κ2) is 7.92. The quantitative estimate of drug-likeness (QED) is 0.872. The summed E-state index contributed by atoms with van der Waals surface area (Å²) in [6.07, 6.45) is 3.43. The van der Waals surface area contributed by atoms with Gasteiger partial charge in [-0.3, -0.25) is 4.68 Å². The van der Waals surface area contributed by atoms with Crippen LogP contribution >= 0.6 is 0 Å². The molecule has 25 heavy (non-hydrogen) atoms. The number of carbonyl (C=O) groups is 1. The van der Waals surface area contributed by atoms with Crippen LogP contribution in [0.5, 0.6) is 11.5 Å². The number of nitrogens with one attached hydrogen (secondary N) is 1. The number of nitrogens with zero attached hydrogens (tertiary/aromatic N) is 3. The molecular weight excluding hydrogens is 320 g/mol. The monoisotopic (exact) mass is 344 g/mol. The highest BCUT2D eigenvalue weighted by Gasteiger charge is 2.25. The van der Waals surface area contributed by atoms with Crippen LogP contribution in [0.25, 0.3) is 0 Å². The number of urea groups is 1. The van der Waals surface area contributed by atoms with Gasteiger partial charge in [-0.15, -0.1) is 0 Å². The Morgan fingerprint density at radius 3 is 2.92 bits per heavy atom. The van der Waals surface area contributed by atoms with E-state index in [1.807, 2.05) is 50.4 Å². The number of aromatic nitrogens is 2. The maximum absolute atomic E-state index is 12.5. The van der Waals surface area contributed by atoms with Crippen LogP contribution < -0.4 is 14.8 Å². The van der Waals surface area contributed by atoms with Gasteiger partial charge < -0.3 is 19.7 Å². The van der Waals surface area contributed by atoms with Crippen LogP contribution in [0.1, 0.15) is 13.8 Å². The fraction of sp³-hybridized carbons (Fsp3) is 0.444. The molecule has 7 heteroatoms. The minimum Gasteiger partial charge on any atom is -0.486 e. The number of para-hydroxylation sites is 2. The van der Waals surface area contributed by atoms with Gasteiger partial charge in [0.2, 0.25) is 0 Å². The Kier molecular flexibility index (Phi) is 5.42. The molecule has 1 aliphatic rings. The molecule has 1 aliphatic heterocycles. The van der Waals surface area contributed by atoms with Gasteiger partial charge in [-0.25, -0.2) is 4.79 Å². The highest BCUT2D eigenvalue weighted by atomic mass is 16.6. The van der Waals surface area contributed by atoms with E-state index in [2.05, 4.69) is 10.4 Å². The third-order valence-electron chi connectivity index (χ3n) is 4.05. The normalized spacial score (nSPS) is 17.0. The lowest BCUT2D eigenvalue weighted by Crippen LogP contribution is -2.50. The van der Waals surface area contributed by atoms with Crippen molar-refractivity contribution in [2.75, 3.05) is 19.7 Å². The van der Waals surface area contributed by atoms with Crippen molar-refractivity contribution in [2.24, 2.45) is 0 Å². The van der Waals surface area contributed by atoms with E-state index in [-0.39, 0.29) is 18.2 Å². The smallest absolute Gasteiger partial charge is 0.317 e. The lowest BCUT2D eigenvalue weighted by molar-refractivity contribution is 0.0671. The molecule has 1 aromatic heterocycles. The molecule has 7 nitrogen and oxygen atoms in total. The summed E-state index contributed by atoms with van der Waals surface area (Å²) in [5.41, 5.74) is 0. The molecule has 0 saturated carbocycles. The molecule has 3 rings (SSSR count). The Balaban J connectivity index is 1.52. The largest absolute Gasteiger partial charge is 0.486 e. The number of rotatable bonds is 6. The maximum atomic E-state index is 12.5. The van der Waals surface area contributed by atoms with Crippen molar-refractivity contribution in [1.29, 1.82) is 0 Å². The van der Waals surface area contributed by atoms with E-state index in [4.69, 9.17) is 9.47 Å². The minimum atomic E-state index is -0.179. The summed E-state index contributed by atoms with van der Waals surface area (Å²) in [7, 11) is 0. The van der Waals surface area contributed by atoms with Gasteiger partial charge in [0.15, 0.2) is 17.6 Å². The second-order valence-electron chi connectivity index (χ2n) is 6.11. The fourth-order valence-corrected chi connectivity index (χ4v) is 2.79. The predicted molar refractivity (Wildman–Crippen MR) is 93.8 cm³/mol. The van der Waals surface area contributed by atoms with E-state index >= 15 is 0 Å². The molecule has 0 saturated heterocycles. The van der Waals surface area contributed by atoms with E-state index in [0.717, 1.165) is 11.5 Å². The average Bonchev–Trinajstić information content (AvgIpc) is 3.12. The molecule has 2 heterocycles. The van der Waals surface area contributed by atoms with Crippen molar-refractivity contribution in [2.45, 2.75) is 32.5 Å². The minimum absolute atomic E-state index is 0.0225. The predicted octanol–water partition coefficient (Wildman–Crippen LogP) is 2.14. The molecule has 0 spiro atoms. The van der Waals surface area contributed by atoms with E-state index in [0.29, 0.717) is 26.2 Å². The number of ether oxygens (including phenoxy) is 2. The van der Waals surface area contributed by atoms with Crippen LogP contribution in [0, 0.1) is 0 Å². The summed E-state index contributed by atoms with van der Waals surface area (Å²) in [6.45, 7) is 6.06. The van der Waals surface area contributed by atoms with Gasteiger partial charge in [0.1, 0.15) is 6.61 Å². The molecule has 0 aliphatic carbocycles. The molecule has 2 atom stereocenters. The summed E-state index contributed by atoms with van der Waals surface area (Å²) < 4.78 is 13.5. The lowest BCUT2D eigenvalue weighted by atomic mass is 10.2. The molecule has 2 amide bonds. The van der Waals surface area contributed by atoms with E-state index in [1.165, 1.54) is 0 Å². The molecule has 0 fully saturated rings. The zero-order valence-electron chi connectivity index (χ0n) is 14.6. The average molecular weight is 344 g/mol. The highest BCUT2D eigenvalue weighted by molar-refractivity contribution is 5.74. The number of hydrogen-bond donors (Lipinski definition) is 1. The van der Waals surface area contributed by atoms with Crippen LogP contribution in [0.3, 0.4) is 0 Å². The molecule has 0 unspecified atom stereocenters. The molecule has 2 aromatic rings. The van der Waals surface area contributed by atoms with Crippen LogP contribution in [0.2, 0.25) is 0 Å². The Morgan fingerprint density at radius 1 is 1.40 bits per heavy atom. The van der Waals surface area contributed by atoms with E-state index < -0.39 is 0 Å². The van der Waals surface area contributed by atoms with Gasteiger partial charge in [0.05, 0.1) is 13.1 Å². The number of likely N-dealkylation sites (N-methyl/N-ethyl adjacent to an activating group) is 1. The third kappa shape index (κ3) is 4.43. The molecule has 1 aromatic carbocycles. The Morgan fingerprint density at radius 2 is 2.20 bits per heavy atom. The van der Waals surface area contributed by atoms with Crippen molar-refractivity contribution in [1.82, 2.24) is 20.0 Å². The van der Waals surface area contributed by atoms with E-state index in [1.54, 1.807) is 15.8 Å². The topological polar surface area (TPSA) is 68.6 Å². The summed E-state index contributed by atoms with van der Waals surface area (Å²) >= 11 is 0. The van der Waals surface area contributed by atoms with Crippen LogP contribution in [0.4, 0.5) is 4.79 Å². The second-order valence-corrected chi connectivity index (χ2v) is 6.11. The number of hydrogen-bond acceptors (Lipinski definition) is 4. The van der Waals surface area contributed by atoms with Crippen molar-refractivity contribution in [3.8, 4) is 11.5 Å². The van der Waals surface area contributed by atoms with Crippen LogP contribution in [0.15, 0.2) is 42.7 Å². The molecule has 0 bridgehead atoms.